The number of benzene rings is 1. The number of hydrogen-bond donors (Lipinski definition) is 2. The van der Waals surface area contributed by atoms with E-state index >= 15 is 0 Å². The number of carbonyl (C=O) groups is 1. The van der Waals surface area contributed by atoms with Crippen LogP contribution in [0.25, 0.3) is 0 Å². The van der Waals surface area contributed by atoms with Crippen molar-refractivity contribution in [2.24, 2.45) is 0 Å². The van der Waals surface area contributed by atoms with Crippen LogP contribution in [0.15, 0.2) is 27.9 Å². The van der Waals surface area contributed by atoms with Crippen molar-refractivity contribution in [3.8, 4) is 11.5 Å². The first-order valence-electron chi connectivity index (χ1n) is 6.47. The van der Waals surface area contributed by atoms with Crippen molar-refractivity contribution in [1.82, 2.24) is 10.6 Å². The van der Waals surface area contributed by atoms with Crippen LogP contribution in [-0.2, 0) is 9.53 Å². The fourth-order valence-electron chi connectivity index (χ4n) is 2.46. The van der Waals surface area contributed by atoms with Crippen LogP contribution in [0.2, 0.25) is 0 Å². The molecule has 1 unspecified atom stereocenters. The number of rotatable bonds is 2. The van der Waals surface area contributed by atoms with E-state index in [-0.39, 0.29) is 6.79 Å². The minimum absolute atomic E-state index is 0.183. The second-order valence-corrected chi connectivity index (χ2v) is 6.05. The van der Waals surface area contributed by atoms with Gasteiger partial charge in [-0.3, -0.25) is 0 Å². The Morgan fingerprint density at radius 1 is 1.41 bits per heavy atom. The van der Waals surface area contributed by atoms with E-state index < -0.39 is 12.0 Å². The van der Waals surface area contributed by atoms with Crippen LogP contribution >= 0.6 is 28.1 Å². The third-order valence-corrected chi connectivity index (χ3v) is 4.38. The summed E-state index contributed by atoms with van der Waals surface area (Å²) in [6.07, 6.45) is 0. The molecule has 116 valence electrons. The Kier molecular flexibility index (Phi) is 3.96. The topological polar surface area (TPSA) is 68.8 Å². The minimum atomic E-state index is -0.440. The highest BCUT2D eigenvalue weighted by Crippen LogP contribution is 2.41. The normalized spacial score (nSPS) is 19.6. The molecule has 0 saturated carbocycles. The van der Waals surface area contributed by atoms with Gasteiger partial charge in [-0.05, 0) is 36.8 Å². The third kappa shape index (κ3) is 2.52. The standard InChI is InChI=1S/C14H13BrN2O4S/c1-6-11(13(18)19-2)12(17-14(22)16-6)7-3-9-10(4-8(7)15)21-5-20-9/h3-4,12H,5H2,1-2H3,(H2,16,17,22). The number of halogens is 1. The maximum absolute atomic E-state index is 12.1. The number of hydrogen-bond acceptors (Lipinski definition) is 5. The molecule has 0 amide bonds. The van der Waals surface area contributed by atoms with E-state index in [1.54, 1.807) is 6.92 Å². The summed E-state index contributed by atoms with van der Waals surface area (Å²) in [4.78, 5) is 12.1. The molecule has 0 aliphatic carbocycles. The molecule has 0 saturated heterocycles. The van der Waals surface area contributed by atoms with Crippen LogP contribution in [0.3, 0.4) is 0 Å². The number of thiocarbonyl (C=S) groups is 1. The number of ether oxygens (including phenoxy) is 3. The molecule has 2 N–H and O–H groups in total. The lowest BCUT2D eigenvalue weighted by molar-refractivity contribution is -0.136. The fraction of sp³-hybridized carbons (Fsp3) is 0.286. The summed E-state index contributed by atoms with van der Waals surface area (Å²) in [5, 5.41) is 6.48. The molecule has 0 spiro atoms. The molecule has 8 heteroatoms. The maximum Gasteiger partial charge on any atom is 0.337 e. The Bertz CT molecular complexity index is 704. The second-order valence-electron chi connectivity index (χ2n) is 4.79. The van der Waals surface area contributed by atoms with Crippen molar-refractivity contribution in [1.29, 1.82) is 0 Å². The van der Waals surface area contributed by atoms with E-state index in [0.29, 0.717) is 27.9 Å². The molecule has 1 atom stereocenters. The van der Waals surface area contributed by atoms with Gasteiger partial charge in [-0.15, -0.1) is 0 Å². The van der Waals surface area contributed by atoms with Gasteiger partial charge < -0.3 is 24.8 Å². The van der Waals surface area contributed by atoms with Gasteiger partial charge >= 0.3 is 5.97 Å². The van der Waals surface area contributed by atoms with Gasteiger partial charge in [-0.25, -0.2) is 4.79 Å². The molecule has 2 aliphatic heterocycles. The van der Waals surface area contributed by atoms with Gasteiger partial charge in [-0.2, -0.15) is 0 Å². The highest BCUT2D eigenvalue weighted by molar-refractivity contribution is 9.10. The van der Waals surface area contributed by atoms with Gasteiger partial charge in [-0.1, -0.05) is 15.9 Å². The van der Waals surface area contributed by atoms with Crippen molar-refractivity contribution in [3.63, 3.8) is 0 Å². The zero-order valence-corrected chi connectivity index (χ0v) is 14.3. The summed E-state index contributed by atoms with van der Waals surface area (Å²) in [6.45, 7) is 1.97. The molecule has 1 aromatic rings. The number of esters is 1. The molecule has 0 fully saturated rings. The molecule has 6 nitrogen and oxygen atoms in total. The van der Waals surface area contributed by atoms with Crippen LogP contribution in [-0.4, -0.2) is 25.0 Å². The van der Waals surface area contributed by atoms with E-state index in [0.717, 1.165) is 10.0 Å². The van der Waals surface area contributed by atoms with E-state index in [2.05, 4.69) is 26.6 Å². The van der Waals surface area contributed by atoms with Gasteiger partial charge in [0, 0.05) is 10.2 Å². The molecule has 0 radical (unpaired) electrons. The van der Waals surface area contributed by atoms with Crippen molar-refractivity contribution < 1.29 is 19.0 Å². The summed E-state index contributed by atoms with van der Waals surface area (Å²) < 4.78 is 16.4. The van der Waals surface area contributed by atoms with Gasteiger partial charge in [0.15, 0.2) is 16.6 Å². The predicted octanol–water partition coefficient (Wildman–Crippen LogP) is 2.14. The lowest BCUT2D eigenvalue weighted by Crippen LogP contribution is -2.45. The monoisotopic (exact) mass is 384 g/mol. The first-order chi connectivity index (χ1) is 10.5. The summed E-state index contributed by atoms with van der Waals surface area (Å²) >= 11 is 8.71. The fourth-order valence-corrected chi connectivity index (χ4v) is 3.28. The smallest absolute Gasteiger partial charge is 0.337 e. The molecule has 1 aromatic carbocycles. The Morgan fingerprint density at radius 3 is 2.77 bits per heavy atom. The van der Waals surface area contributed by atoms with Crippen molar-refractivity contribution in [2.75, 3.05) is 13.9 Å². The average Bonchev–Trinajstić information content (AvgIpc) is 2.91. The molecular formula is C14H13BrN2O4S. The number of nitrogens with one attached hydrogen (secondary N) is 2. The van der Waals surface area contributed by atoms with Gasteiger partial charge in [0.1, 0.15) is 0 Å². The zero-order valence-electron chi connectivity index (χ0n) is 11.9. The molecule has 3 rings (SSSR count). The van der Waals surface area contributed by atoms with E-state index in [4.69, 9.17) is 26.4 Å². The maximum atomic E-state index is 12.1. The van der Waals surface area contributed by atoms with Crippen LogP contribution in [0.4, 0.5) is 0 Å². The van der Waals surface area contributed by atoms with Crippen LogP contribution in [0.1, 0.15) is 18.5 Å². The summed E-state index contributed by atoms with van der Waals surface area (Å²) in [6, 6.07) is 3.20. The van der Waals surface area contributed by atoms with E-state index in [1.807, 2.05) is 12.1 Å². The summed E-state index contributed by atoms with van der Waals surface area (Å²) in [5.41, 5.74) is 1.94. The number of methoxy groups -OCH3 is 1. The summed E-state index contributed by atoms with van der Waals surface area (Å²) in [5.74, 6) is 0.869. The second kappa shape index (κ2) is 5.77. The molecule has 0 bridgehead atoms. The highest BCUT2D eigenvalue weighted by Gasteiger charge is 2.33. The Balaban J connectivity index is 2.10. The van der Waals surface area contributed by atoms with Crippen LogP contribution in [0.5, 0.6) is 11.5 Å². The van der Waals surface area contributed by atoms with Crippen molar-refractivity contribution in [2.45, 2.75) is 13.0 Å². The SMILES string of the molecule is COC(=O)C1=C(C)NC(=S)NC1c1cc2c(cc1Br)OCO2. The average molecular weight is 385 g/mol. The van der Waals surface area contributed by atoms with E-state index in [9.17, 15) is 4.79 Å². The summed E-state index contributed by atoms with van der Waals surface area (Å²) in [7, 11) is 1.35. The first kappa shape index (κ1) is 15.1. The van der Waals surface area contributed by atoms with Gasteiger partial charge in [0.25, 0.3) is 0 Å². The van der Waals surface area contributed by atoms with Crippen LogP contribution in [0, 0.1) is 0 Å². The largest absolute Gasteiger partial charge is 0.466 e. The number of allylic oxidation sites excluding steroid dienone is 1. The molecule has 2 aliphatic rings. The quantitative estimate of drug-likeness (QED) is 0.597. The lowest BCUT2D eigenvalue weighted by atomic mass is 9.95. The Morgan fingerprint density at radius 2 is 2.09 bits per heavy atom. The predicted molar refractivity (Wildman–Crippen MR) is 86.6 cm³/mol. The molecule has 0 aromatic heterocycles. The molecule has 2 heterocycles. The lowest BCUT2D eigenvalue weighted by Gasteiger charge is -2.30. The van der Waals surface area contributed by atoms with Crippen molar-refractivity contribution >= 4 is 39.2 Å². The van der Waals surface area contributed by atoms with Crippen LogP contribution < -0.4 is 20.1 Å². The highest BCUT2D eigenvalue weighted by atomic mass is 79.9. The molecular weight excluding hydrogens is 372 g/mol. The van der Waals surface area contributed by atoms with Gasteiger partial charge in [0.05, 0.1) is 18.7 Å². The van der Waals surface area contributed by atoms with Gasteiger partial charge in [0.2, 0.25) is 6.79 Å². The molecule has 22 heavy (non-hydrogen) atoms. The first-order valence-corrected chi connectivity index (χ1v) is 7.67. The number of carbonyl (C=O) groups excluding carboxylic acids is 1. The van der Waals surface area contributed by atoms with E-state index in [1.165, 1.54) is 7.11 Å². The Labute approximate surface area is 140 Å². The minimum Gasteiger partial charge on any atom is -0.466 e. The third-order valence-electron chi connectivity index (χ3n) is 3.48. The number of fused-ring (bicyclic) bond motifs is 1. The Hall–Kier alpha value is -1.80. The zero-order chi connectivity index (χ0) is 15.9. The van der Waals surface area contributed by atoms with Crippen molar-refractivity contribution in [3.05, 3.63) is 33.4 Å².